The summed E-state index contributed by atoms with van der Waals surface area (Å²) in [5, 5.41) is 11.0. The normalized spacial score (nSPS) is 18.6. The van der Waals surface area contributed by atoms with Crippen molar-refractivity contribution >= 4 is 29.2 Å². The molecule has 41 heavy (non-hydrogen) atoms. The van der Waals surface area contributed by atoms with Gasteiger partial charge in [-0.15, -0.1) is 0 Å². The van der Waals surface area contributed by atoms with Crippen molar-refractivity contribution in [2.24, 2.45) is 11.8 Å². The lowest BCUT2D eigenvalue weighted by molar-refractivity contribution is -0.262. The van der Waals surface area contributed by atoms with E-state index >= 15 is 0 Å². The third kappa shape index (κ3) is 6.56. The number of nitrogens with zero attached hydrogens (tertiary/aromatic N) is 4. The van der Waals surface area contributed by atoms with Crippen molar-refractivity contribution in [2.45, 2.75) is 43.9 Å². The first-order valence-corrected chi connectivity index (χ1v) is 14.1. The lowest BCUT2D eigenvalue weighted by atomic mass is 9.82. The van der Waals surface area contributed by atoms with Crippen LogP contribution in [0.2, 0.25) is 5.15 Å². The highest BCUT2D eigenvalue weighted by Crippen LogP contribution is 2.42. The molecule has 0 saturated carbocycles. The van der Waals surface area contributed by atoms with Crippen molar-refractivity contribution in [1.82, 2.24) is 14.8 Å². The van der Waals surface area contributed by atoms with Crippen molar-refractivity contribution in [3.05, 3.63) is 52.7 Å². The Morgan fingerprint density at radius 1 is 1.05 bits per heavy atom. The van der Waals surface area contributed by atoms with Crippen LogP contribution in [-0.2, 0) is 10.4 Å². The van der Waals surface area contributed by atoms with Gasteiger partial charge in [-0.05, 0) is 68.2 Å². The Kier molecular flexibility index (Phi) is 9.38. The molecular formula is C29H36ClF3N4O4. The van der Waals surface area contributed by atoms with Crippen molar-refractivity contribution in [1.29, 1.82) is 0 Å². The number of rotatable bonds is 7. The molecule has 2 aliphatic rings. The summed E-state index contributed by atoms with van der Waals surface area (Å²) in [6.45, 7) is 1.88. The number of alkyl halides is 3. The number of carbonyl (C=O) groups excluding carboxylic acids is 2. The van der Waals surface area contributed by atoms with Gasteiger partial charge in [-0.2, -0.15) is 13.2 Å². The Morgan fingerprint density at radius 3 is 2.20 bits per heavy atom. The van der Waals surface area contributed by atoms with E-state index in [1.807, 2.05) is 6.07 Å². The lowest BCUT2D eigenvalue weighted by Gasteiger charge is -2.40. The van der Waals surface area contributed by atoms with Gasteiger partial charge in [-0.1, -0.05) is 23.7 Å². The zero-order valence-corrected chi connectivity index (χ0v) is 24.2. The number of piperidine rings is 2. The fourth-order valence-corrected chi connectivity index (χ4v) is 5.96. The summed E-state index contributed by atoms with van der Waals surface area (Å²) in [7, 11) is 4.62. The summed E-state index contributed by atoms with van der Waals surface area (Å²) >= 11 is 6.28. The minimum absolute atomic E-state index is 0.123. The predicted octanol–water partition coefficient (Wildman–Crippen LogP) is 4.74. The number of anilines is 1. The summed E-state index contributed by atoms with van der Waals surface area (Å²) in [4.78, 5) is 34.5. The number of ether oxygens (including phenoxy) is 1. The molecule has 12 heteroatoms. The quantitative estimate of drug-likeness (QED) is 0.465. The molecule has 0 aliphatic carbocycles. The van der Waals surface area contributed by atoms with E-state index < -0.39 is 23.2 Å². The molecule has 3 heterocycles. The summed E-state index contributed by atoms with van der Waals surface area (Å²) in [6, 6.07) is 8.42. The van der Waals surface area contributed by atoms with Crippen molar-refractivity contribution < 1.29 is 32.6 Å². The van der Waals surface area contributed by atoms with Gasteiger partial charge in [0.2, 0.25) is 0 Å². The van der Waals surface area contributed by atoms with Crippen LogP contribution >= 0.6 is 11.6 Å². The van der Waals surface area contributed by atoms with Gasteiger partial charge in [0.15, 0.2) is 0 Å². The van der Waals surface area contributed by atoms with E-state index in [-0.39, 0.29) is 35.8 Å². The maximum Gasteiger partial charge on any atom is 0.430 e. The zero-order valence-electron chi connectivity index (χ0n) is 23.5. The molecular weight excluding hydrogens is 561 g/mol. The molecule has 0 spiro atoms. The van der Waals surface area contributed by atoms with Gasteiger partial charge < -0.3 is 24.5 Å². The molecule has 0 unspecified atom stereocenters. The Bertz CT molecular complexity index is 1240. The van der Waals surface area contributed by atoms with E-state index in [4.69, 9.17) is 16.3 Å². The van der Waals surface area contributed by atoms with Crippen molar-refractivity contribution in [2.75, 3.05) is 52.3 Å². The number of likely N-dealkylation sites (tertiary alicyclic amines) is 1. The molecule has 1 N–H and O–H groups in total. The molecule has 2 aliphatic heterocycles. The second-order valence-electron chi connectivity index (χ2n) is 11.0. The van der Waals surface area contributed by atoms with Crippen LogP contribution in [0.4, 0.5) is 19.0 Å². The molecule has 4 rings (SSSR count). The maximum absolute atomic E-state index is 14.1. The number of methoxy groups -OCH3 is 1. The lowest BCUT2D eigenvalue weighted by Crippen LogP contribution is -2.57. The molecule has 2 aromatic rings. The number of hydrogen-bond donors (Lipinski definition) is 1. The van der Waals surface area contributed by atoms with E-state index in [0.29, 0.717) is 24.3 Å². The van der Waals surface area contributed by atoms with Gasteiger partial charge in [-0.3, -0.25) is 9.59 Å². The standard InChI is InChI=1S/C29H36ClF3N4O4/c1-35(2)26(38)23-7-8-24(34-25(23)30)36-13-9-19(10-14-36)17-20-11-15-37(16-12-20)27(39)28(40,29(31,32)33)21-5-4-6-22(18-21)41-3/h4-8,18-20,40H,9-17H2,1-3H3/t28-/m1/s1. The molecule has 1 aromatic carbocycles. The Morgan fingerprint density at radius 2 is 1.66 bits per heavy atom. The molecule has 0 radical (unpaired) electrons. The van der Waals surface area contributed by atoms with Crippen LogP contribution in [0, 0.1) is 11.8 Å². The van der Waals surface area contributed by atoms with E-state index in [2.05, 4.69) is 9.88 Å². The summed E-state index contributed by atoms with van der Waals surface area (Å²) in [5.41, 5.74) is -3.84. The Hall–Kier alpha value is -3.05. The number of hydrogen-bond acceptors (Lipinski definition) is 6. The first-order chi connectivity index (χ1) is 19.3. The number of aliphatic hydroxyl groups is 1. The fourth-order valence-electron chi connectivity index (χ4n) is 5.73. The minimum Gasteiger partial charge on any atom is -0.497 e. The minimum atomic E-state index is -5.19. The van der Waals surface area contributed by atoms with Gasteiger partial charge >= 0.3 is 6.18 Å². The van der Waals surface area contributed by atoms with Crippen LogP contribution in [0.5, 0.6) is 5.75 Å². The molecule has 0 bridgehead atoms. The van der Waals surface area contributed by atoms with Gasteiger partial charge in [0.1, 0.15) is 16.7 Å². The largest absolute Gasteiger partial charge is 0.497 e. The first kappa shape index (κ1) is 30.9. The molecule has 1 atom stereocenters. The van der Waals surface area contributed by atoms with E-state index in [1.54, 1.807) is 20.2 Å². The maximum atomic E-state index is 14.1. The molecule has 8 nitrogen and oxygen atoms in total. The average Bonchev–Trinajstić information content (AvgIpc) is 2.96. The number of amides is 2. The smallest absolute Gasteiger partial charge is 0.430 e. The third-order valence-electron chi connectivity index (χ3n) is 8.18. The van der Waals surface area contributed by atoms with Crippen LogP contribution in [0.1, 0.15) is 48.0 Å². The molecule has 2 saturated heterocycles. The van der Waals surface area contributed by atoms with E-state index in [1.165, 1.54) is 24.1 Å². The number of halogens is 4. The monoisotopic (exact) mass is 596 g/mol. The van der Waals surface area contributed by atoms with Crippen LogP contribution in [0.25, 0.3) is 0 Å². The van der Waals surface area contributed by atoms with Gasteiger partial charge in [0.05, 0.1) is 12.7 Å². The van der Waals surface area contributed by atoms with E-state index in [9.17, 15) is 27.9 Å². The second-order valence-corrected chi connectivity index (χ2v) is 11.4. The highest BCUT2D eigenvalue weighted by atomic mass is 35.5. The second kappa shape index (κ2) is 12.4. The Balaban J connectivity index is 1.31. The topological polar surface area (TPSA) is 86.2 Å². The SMILES string of the molecule is COc1cccc([C@@](O)(C(=O)N2CCC(CC3CCN(c4ccc(C(=O)N(C)C)c(Cl)n4)CC3)CC2)C(F)(F)F)c1. The summed E-state index contributed by atoms with van der Waals surface area (Å²) < 4.78 is 47.3. The number of pyridine rings is 1. The van der Waals surface area contributed by atoms with Crippen LogP contribution in [-0.4, -0.2) is 85.3 Å². The number of benzene rings is 1. The van der Waals surface area contributed by atoms with E-state index in [0.717, 1.165) is 55.2 Å². The predicted molar refractivity (Wildman–Crippen MR) is 149 cm³/mol. The van der Waals surface area contributed by atoms with Gasteiger partial charge in [0, 0.05) is 45.8 Å². The van der Waals surface area contributed by atoms with Gasteiger partial charge in [0.25, 0.3) is 17.4 Å². The highest BCUT2D eigenvalue weighted by Gasteiger charge is 2.62. The van der Waals surface area contributed by atoms with Crippen LogP contribution in [0.3, 0.4) is 0 Å². The third-order valence-corrected chi connectivity index (χ3v) is 8.47. The number of aromatic nitrogens is 1. The van der Waals surface area contributed by atoms with Crippen molar-refractivity contribution in [3.8, 4) is 5.75 Å². The number of carbonyl (C=O) groups is 2. The summed E-state index contributed by atoms with van der Waals surface area (Å²) in [5.74, 6) is 0.0305. The van der Waals surface area contributed by atoms with Crippen LogP contribution in [0.15, 0.2) is 36.4 Å². The van der Waals surface area contributed by atoms with Crippen LogP contribution < -0.4 is 9.64 Å². The highest BCUT2D eigenvalue weighted by molar-refractivity contribution is 6.32. The zero-order chi connectivity index (χ0) is 29.9. The average molecular weight is 597 g/mol. The fraction of sp³-hybridized carbons (Fsp3) is 0.552. The van der Waals surface area contributed by atoms with Crippen molar-refractivity contribution in [3.63, 3.8) is 0 Å². The molecule has 2 fully saturated rings. The summed E-state index contributed by atoms with van der Waals surface area (Å²) in [6.07, 6.45) is -1.24. The molecule has 2 amide bonds. The molecule has 1 aromatic heterocycles. The Labute approximate surface area is 243 Å². The molecule has 224 valence electrons. The first-order valence-electron chi connectivity index (χ1n) is 13.7. The van der Waals surface area contributed by atoms with Gasteiger partial charge in [-0.25, -0.2) is 4.98 Å².